The highest BCUT2D eigenvalue weighted by atomic mass is 16.5. The van der Waals surface area contributed by atoms with Gasteiger partial charge in [-0.1, -0.05) is 13.8 Å². The van der Waals surface area contributed by atoms with Crippen molar-refractivity contribution < 1.29 is 9.53 Å². The summed E-state index contributed by atoms with van der Waals surface area (Å²) in [5, 5.41) is 3.08. The van der Waals surface area contributed by atoms with Gasteiger partial charge < -0.3 is 15.8 Å². The Balaban J connectivity index is 2.23. The van der Waals surface area contributed by atoms with Crippen molar-refractivity contribution in [1.82, 2.24) is 5.32 Å². The maximum atomic E-state index is 11.9. The second-order valence-corrected chi connectivity index (χ2v) is 6.19. The molecule has 1 rings (SSSR count). The first-order valence-corrected chi connectivity index (χ1v) is 6.99. The van der Waals surface area contributed by atoms with Crippen LogP contribution in [-0.4, -0.2) is 31.7 Å². The van der Waals surface area contributed by atoms with Gasteiger partial charge in [0, 0.05) is 19.8 Å². The summed E-state index contributed by atoms with van der Waals surface area (Å²) in [5.74, 6) is -0.00388. The second kappa shape index (κ2) is 7.10. The first-order valence-electron chi connectivity index (χ1n) is 6.99. The van der Waals surface area contributed by atoms with E-state index in [0.29, 0.717) is 24.5 Å². The predicted octanol–water partition coefficient (Wildman–Crippen LogP) is 1.83. The first kappa shape index (κ1) is 15.4. The number of rotatable bonds is 6. The van der Waals surface area contributed by atoms with E-state index >= 15 is 0 Å². The summed E-state index contributed by atoms with van der Waals surface area (Å²) in [4.78, 5) is 11.9. The van der Waals surface area contributed by atoms with Crippen LogP contribution in [0, 0.1) is 5.41 Å². The molecule has 18 heavy (non-hydrogen) atoms. The fraction of sp³-hybridized carbons (Fsp3) is 0.929. The summed E-state index contributed by atoms with van der Waals surface area (Å²) in [6.45, 7) is 5.25. The maximum absolute atomic E-state index is 11.9. The van der Waals surface area contributed by atoms with E-state index in [0.717, 1.165) is 19.3 Å². The monoisotopic (exact) mass is 256 g/mol. The van der Waals surface area contributed by atoms with Crippen LogP contribution in [0.2, 0.25) is 0 Å². The Bertz CT molecular complexity index is 257. The molecule has 4 nitrogen and oxygen atoms in total. The molecule has 0 aromatic carbocycles. The lowest BCUT2D eigenvalue weighted by Crippen LogP contribution is -2.47. The number of ether oxygens (including phenoxy) is 1. The summed E-state index contributed by atoms with van der Waals surface area (Å²) in [6, 6.07) is -0.0749. The molecule has 1 saturated carbocycles. The molecule has 1 aliphatic rings. The number of carbonyl (C=O) groups is 1. The van der Waals surface area contributed by atoms with E-state index in [1.165, 1.54) is 12.8 Å². The van der Waals surface area contributed by atoms with E-state index in [4.69, 9.17) is 10.5 Å². The molecule has 0 spiro atoms. The van der Waals surface area contributed by atoms with Crippen molar-refractivity contribution in [1.29, 1.82) is 0 Å². The molecule has 0 radical (unpaired) electrons. The van der Waals surface area contributed by atoms with Crippen molar-refractivity contribution in [2.75, 3.05) is 13.7 Å². The smallest absolute Gasteiger partial charge is 0.237 e. The van der Waals surface area contributed by atoms with E-state index in [-0.39, 0.29) is 5.91 Å². The van der Waals surface area contributed by atoms with Gasteiger partial charge in [0.2, 0.25) is 5.91 Å². The van der Waals surface area contributed by atoms with Gasteiger partial charge in [0.1, 0.15) is 0 Å². The minimum absolute atomic E-state index is 0.00388. The number of nitrogens with two attached hydrogens (primary N) is 1. The Hall–Kier alpha value is -0.610. The van der Waals surface area contributed by atoms with E-state index < -0.39 is 6.04 Å². The van der Waals surface area contributed by atoms with Gasteiger partial charge in [-0.15, -0.1) is 0 Å². The highest BCUT2D eigenvalue weighted by Crippen LogP contribution is 2.34. The van der Waals surface area contributed by atoms with Crippen LogP contribution in [0.4, 0.5) is 0 Å². The van der Waals surface area contributed by atoms with Crippen molar-refractivity contribution in [3.63, 3.8) is 0 Å². The van der Waals surface area contributed by atoms with Crippen LogP contribution in [-0.2, 0) is 9.53 Å². The van der Waals surface area contributed by atoms with Gasteiger partial charge in [-0.05, 0) is 43.9 Å². The van der Waals surface area contributed by atoms with Crippen molar-refractivity contribution in [3.05, 3.63) is 0 Å². The van der Waals surface area contributed by atoms with E-state index in [1.54, 1.807) is 7.11 Å². The van der Waals surface area contributed by atoms with E-state index in [1.807, 2.05) is 0 Å². The van der Waals surface area contributed by atoms with Gasteiger partial charge in [-0.3, -0.25) is 4.79 Å². The van der Waals surface area contributed by atoms with Gasteiger partial charge in [0.15, 0.2) is 0 Å². The third kappa shape index (κ3) is 5.36. The van der Waals surface area contributed by atoms with Crippen LogP contribution < -0.4 is 11.1 Å². The molecule has 4 heteroatoms. The van der Waals surface area contributed by atoms with Crippen LogP contribution in [0.5, 0.6) is 0 Å². The standard InChI is InChI=1S/C14H28N2O2/c1-14(2)8-6-11(7-9-14)16-13(17)12(15)5-4-10-18-3/h11-12H,4-10,15H2,1-3H3,(H,16,17). The average Bonchev–Trinajstić information content (AvgIpc) is 2.32. The van der Waals surface area contributed by atoms with Gasteiger partial charge in [-0.25, -0.2) is 0 Å². The Morgan fingerprint density at radius 3 is 2.61 bits per heavy atom. The van der Waals surface area contributed by atoms with Crippen LogP contribution in [0.3, 0.4) is 0 Å². The zero-order valence-corrected chi connectivity index (χ0v) is 12.0. The molecule has 0 aliphatic heterocycles. The molecule has 106 valence electrons. The van der Waals surface area contributed by atoms with Crippen LogP contribution in [0.1, 0.15) is 52.4 Å². The van der Waals surface area contributed by atoms with Crippen LogP contribution in [0.15, 0.2) is 0 Å². The molecule has 0 saturated heterocycles. The summed E-state index contributed by atoms with van der Waals surface area (Å²) in [6.07, 6.45) is 6.03. The molecule has 0 aromatic rings. The van der Waals surface area contributed by atoms with Crippen LogP contribution >= 0.6 is 0 Å². The lowest BCUT2D eigenvalue weighted by molar-refractivity contribution is -0.123. The fourth-order valence-corrected chi connectivity index (χ4v) is 2.43. The second-order valence-electron chi connectivity index (χ2n) is 6.19. The number of amides is 1. The molecule has 3 N–H and O–H groups in total. The molecule has 0 aromatic heterocycles. The highest BCUT2D eigenvalue weighted by molar-refractivity contribution is 5.81. The van der Waals surface area contributed by atoms with Crippen molar-refractivity contribution >= 4 is 5.91 Å². The third-order valence-corrected chi connectivity index (χ3v) is 3.89. The minimum Gasteiger partial charge on any atom is -0.385 e. The van der Waals surface area contributed by atoms with Crippen molar-refractivity contribution in [3.8, 4) is 0 Å². The lowest BCUT2D eigenvalue weighted by Gasteiger charge is -2.35. The Labute approximate surface area is 111 Å². The number of hydrogen-bond acceptors (Lipinski definition) is 3. The van der Waals surface area contributed by atoms with Crippen molar-refractivity contribution in [2.24, 2.45) is 11.1 Å². The number of hydrogen-bond donors (Lipinski definition) is 2. The largest absolute Gasteiger partial charge is 0.385 e. The fourth-order valence-electron chi connectivity index (χ4n) is 2.43. The van der Waals surface area contributed by atoms with Gasteiger partial charge in [0.05, 0.1) is 6.04 Å². The number of methoxy groups -OCH3 is 1. The number of nitrogens with one attached hydrogen (secondary N) is 1. The Morgan fingerprint density at radius 2 is 2.06 bits per heavy atom. The minimum atomic E-state index is -0.393. The van der Waals surface area contributed by atoms with Crippen LogP contribution in [0.25, 0.3) is 0 Å². The topological polar surface area (TPSA) is 64.3 Å². The first-order chi connectivity index (χ1) is 8.44. The number of carbonyl (C=O) groups excluding carboxylic acids is 1. The quantitative estimate of drug-likeness (QED) is 0.713. The van der Waals surface area contributed by atoms with E-state index in [2.05, 4.69) is 19.2 Å². The normalized spacial score (nSPS) is 21.6. The van der Waals surface area contributed by atoms with Gasteiger partial charge in [0.25, 0.3) is 0 Å². The van der Waals surface area contributed by atoms with Gasteiger partial charge >= 0.3 is 0 Å². The molecular formula is C14H28N2O2. The molecular weight excluding hydrogens is 228 g/mol. The SMILES string of the molecule is COCCCC(N)C(=O)NC1CCC(C)(C)CC1. The van der Waals surface area contributed by atoms with Crippen molar-refractivity contribution in [2.45, 2.75) is 64.5 Å². The molecule has 1 unspecified atom stereocenters. The molecule has 0 bridgehead atoms. The Kier molecular flexibility index (Phi) is 6.09. The molecule has 1 aliphatic carbocycles. The molecule has 1 atom stereocenters. The molecule has 1 amide bonds. The molecule has 0 heterocycles. The zero-order chi connectivity index (χ0) is 13.6. The van der Waals surface area contributed by atoms with Gasteiger partial charge in [-0.2, -0.15) is 0 Å². The van der Waals surface area contributed by atoms with E-state index in [9.17, 15) is 4.79 Å². The lowest BCUT2D eigenvalue weighted by atomic mass is 9.75. The summed E-state index contributed by atoms with van der Waals surface area (Å²) in [7, 11) is 1.66. The zero-order valence-electron chi connectivity index (χ0n) is 12.0. The molecule has 1 fully saturated rings. The third-order valence-electron chi connectivity index (χ3n) is 3.89. The summed E-state index contributed by atoms with van der Waals surface area (Å²) < 4.78 is 4.96. The summed E-state index contributed by atoms with van der Waals surface area (Å²) in [5.41, 5.74) is 6.29. The highest BCUT2D eigenvalue weighted by Gasteiger charge is 2.28. The summed E-state index contributed by atoms with van der Waals surface area (Å²) >= 11 is 0. The predicted molar refractivity (Wildman–Crippen MR) is 73.3 cm³/mol. The average molecular weight is 256 g/mol. The maximum Gasteiger partial charge on any atom is 0.237 e. The Morgan fingerprint density at radius 1 is 1.44 bits per heavy atom.